The Morgan fingerprint density at radius 1 is 1.04 bits per heavy atom. The maximum absolute atomic E-state index is 12.9. The Morgan fingerprint density at radius 2 is 1.70 bits per heavy atom. The van der Waals surface area contributed by atoms with E-state index in [9.17, 15) is 14.7 Å². The number of fused-ring (bicyclic) bond motifs is 2. The highest BCUT2D eigenvalue weighted by molar-refractivity contribution is 5.88. The number of carbonyl (C=O) groups is 2. The molecule has 0 bridgehead atoms. The van der Waals surface area contributed by atoms with Gasteiger partial charge in [0.2, 0.25) is 5.91 Å². The second-order valence-electron chi connectivity index (χ2n) is 7.23. The topological polar surface area (TPSA) is 79.5 Å². The largest absolute Gasteiger partial charge is 0.481 e. The fourth-order valence-electron chi connectivity index (χ4n) is 4.00. The lowest BCUT2D eigenvalue weighted by Crippen LogP contribution is -2.44. The Balaban J connectivity index is 1.44. The number of carbonyl (C=O) groups excluding carboxylic acids is 1. The summed E-state index contributed by atoms with van der Waals surface area (Å²) in [5.41, 5.74) is 2.04. The minimum Gasteiger partial charge on any atom is -0.481 e. The molecule has 3 aromatic rings. The fraction of sp³-hybridized carbons (Fsp3) is 0.273. The first kappa shape index (κ1) is 17.3. The molecule has 0 atom stereocenters. The number of nitrogens with one attached hydrogen (secondary N) is 1. The highest BCUT2D eigenvalue weighted by Gasteiger charge is 2.45. The molecule has 1 aliphatic carbocycles. The van der Waals surface area contributed by atoms with Gasteiger partial charge in [0.25, 0.3) is 0 Å². The molecule has 0 aliphatic heterocycles. The van der Waals surface area contributed by atoms with E-state index in [1.54, 1.807) is 0 Å². The van der Waals surface area contributed by atoms with Gasteiger partial charge in [-0.05, 0) is 36.1 Å². The molecule has 1 heterocycles. The molecule has 5 nitrogen and oxygen atoms in total. The van der Waals surface area contributed by atoms with Crippen molar-refractivity contribution in [3.05, 3.63) is 71.5 Å². The van der Waals surface area contributed by atoms with Crippen LogP contribution in [0, 0.1) is 5.41 Å². The van der Waals surface area contributed by atoms with Gasteiger partial charge in [0.05, 0.1) is 11.8 Å². The lowest BCUT2D eigenvalue weighted by atomic mass is 9.80. The van der Waals surface area contributed by atoms with Crippen LogP contribution in [0.2, 0.25) is 0 Å². The molecule has 0 fully saturated rings. The molecule has 4 rings (SSSR count). The lowest BCUT2D eigenvalue weighted by Gasteiger charge is -2.25. The molecule has 1 aliphatic rings. The van der Waals surface area contributed by atoms with Crippen molar-refractivity contribution < 1.29 is 19.1 Å². The van der Waals surface area contributed by atoms with Gasteiger partial charge in [-0.15, -0.1) is 0 Å². The summed E-state index contributed by atoms with van der Waals surface area (Å²) in [6.45, 7) is 0.413. The van der Waals surface area contributed by atoms with Gasteiger partial charge in [0.1, 0.15) is 11.3 Å². The van der Waals surface area contributed by atoms with Crippen molar-refractivity contribution in [3.8, 4) is 0 Å². The van der Waals surface area contributed by atoms with Gasteiger partial charge in [0.15, 0.2) is 0 Å². The number of hydrogen-bond donors (Lipinski definition) is 2. The second kappa shape index (κ2) is 6.91. The van der Waals surface area contributed by atoms with Crippen LogP contribution in [0.1, 0.15) is 23.3 Å². The van der Waals surface area contributed by atoms with Gasteiger partial charge in [0, 0.05) is 18.4 Å². The molecule has 0 unspecified atom stereocenters. The third kappa shape index (κ3) is 3.45. The molecule has 1 amide bonds. The monoisotopic (exact) mass is 363 g/mol. The maximum atomic E-state index is 12.9. The number of amides is 1. The zero-order valence-electron chi connectivity index (χ0n) is 14.9. The molecule has 0 saturated carbocycles. The highest BCUT2D eigenvalue weighted by Crippen LogP contribution is 2.40. The molecule has 27 heavy (non-hydrogen) atoms. The Labute approximate surface area is 157 Å². The Bertz CT molecular complexity index is 946. The third-order valence-corrected chi connectivity index (χ3v) is 5.28. The summed E-state index contributed by atoms with van der Waals surface area (Å²) in [5.74, 6) is -0.342. The molecule has 5 heteroatoms. The predicted molar refractivity (Wildman–Crippen MR) is 101 cm³/mol. The van der Waals surface area contributed by atoms with Crippen LogP contribution in [-0.2, 0) is 28.9 Å². The molecular formula is C22H21NO4. The number of aliphatic carboxylic acids is 1. The third-order valence-electron chi connectivity index (χ3n) is 5.28. The van der Waals surface area contributed by atoms with Gasteiger partial charge in [-0.1, -0.05) is 42.5 Å². The van der Waals surface area contributed by atoms with E-state index in [0.29, 0.717) is 25.8 Å². The highest BCUT2D eigenvalue weighted by atomic mass is 16.4. The number of rotatable bonds is 6. The van der Waals surface area contributed by atoms with E-state index in [4.69, 9.17) is 4.42 Å². The lowest BCUT2D eigenvalue weighted by molar-refractivity contribution is -0.145. The summed E-state index contributed by atoms with van der Waals surface area (Å²) in [5, 5.41) is 13.3. The minimum absolute atomic E-state index is 0.169. The van der Waals surface area contributed by atoms with Crippen LogP contribution in [0.15, 0.2) is 59.0 Å². The van der Waals surface area contributed by atoms with Gasteiger partial charge >= 0.3 is 5.97 Å². The van der Waals surface area contributed by atoms with Gasteiger partial charge < -0.3 is 14.8 Å². The fourth-order valence-corrected chi connectivity index (χ4v) is 4.00. The maximum Gasteiger partial charge on any atom is 0.304 e. The van der Waals surface area contributed by atoms with E-state index < -0.39 is 11.4 Å². The molecule has 1 aromatic heterocycles. The van der Waals surface area contributed by atoms with Crippen molar-refractivity contribution in [2.24, 2.45) is 5.41 Å². The number of carboxylic acids is 1. The predicted octanol–water partition coefficient (Wildman–Crippen LogP) is 3.35. The average Bonchev–Trinajstić information content (AvgIpc) is 3.21. The van der Waals surface area contributed by atoms with E-state index >= 15 is 0 Å². The van der Waals surface area contributed by atoms with Crippen LogP contribution in [0.25, 0.3) is 11.0 Å². The molecule has 138 valence electrons. The summed E-state index contributed by atoms with van der Waals surface area (Å²) in [6, 6.07) is 17.5. The van der Waals surface area contributed by atoms with Crippen molar-refractivity contribution in [1.29, 1.82) is 0 Å². The van der Waals surface area contributed by atoms with Crippen molar-refractivity contribution >= 4 is 22.8 Å². The number of hydrogen-bond acceptors (Lipinski definition) is 3. The van der Waals surface area contributed by atoms with Gasteiger partial charge in [-0.25, -0.2) is 0 Å². The quantitative estimate of drug-likeness (QED) is 0.704. The van der Waals surface area contributed by atoms with Gasteiger partial charge in [-0.3, -0.25) is 9.59 Å². The first-order valence-corrected chi connectivity index (χ1v) is 9.10. The summed E-state index contributed by atoms with van der Waals surface area (Å²) in [6.07, 6.45) is 1.33. The Kier molecular flexibility index (Phi) is 4.44. The van der Waals surface area contributed by atoms with Crippen LogP contribution in [0.5, 0.6) is 0 Å². The zero-order chi connectivity index (χ0) is 18.9. The summed E-state index contributed by atoms with van der Waals surface area (Å²) in [4.78, 5) is 24.3. The first-order valence-electron chi connectivity index (χ1n) is 9.10. The van der Waals surface area contributed by atoms with Crippen LogP contribution >= 0.6 is 0 Å². The van der Waals surface area contributed by atoms with Crippen molar-refractivity contribution in [2.75, 3.05) is 6.54 Å². The zero-order valence-corrected chi connectivity index (χ0v) is 14.9. The molecule has 0 radical (unpaired) electrons. The molecule has 0 spiro atoms. The average molecular weight is 363 g/mol. The van der Waals surface area contributed by atoms with Crippen LogP contribution < -0.4 is 5.32 Å². The molecule has 2 aromatic carbocycles. The SMILES string of the molecule is O=C(O)CC1(C(=O)NCCc2cc3ccccc3o2)Cc2ccccc2C1. The normalized spacial score (nSPS) is 14.8. The van der Waals surface area contributed by atoms with E-state index in [-0.39, 0.29) is 12.3 Å². The van der Waals surface area contributed by atoms with Crippen molar-refractivity contribution in [3.63, 3.8) is 0 Å². The van der Waals surface area contributed by atoms with Gasteiger partial charge in [-0.2, -0.15) is 0 Å². The first-order chi connectivity index (χ1) is 13.1. The van der Waals surface area contributed by atoms with E-state index in [1.165, 1.54) is 0 Å². The van der Waals surface area contributed by atoms with E-state index in [1.807, 2.05) is 54.6 Å². The Hall–Kier alpha value is -3.08. The number of furan rings is 1. The summed E-state index contributed by atoms with van der Waals surface area (Å²) in [7, 11) is 0. The van der Waals surface area contributed by atoms with Crippen LogP contribution in [-0.4, -0.2) is 23.5 Å². The molecule has 0 saturated heterocycles. The van der Waals surface area contributed by atoms with E-state index in [0.717, 1.165) is 27.9 Å². The number of carboxylic acid groups (broad SMARTS) is 1. The van der Waals surface area contributed by atoms with Crippen molar-refractivity contribution in [2.45, 2.75) is 25.7 Å². The number of benzene rings is 2. The molecular weight excluding hydrogens is 342 g/mol. The number of para-hydroxylation sites is 1. The molecule has 2 N–H and O–H groups in total. The smallest absolute Gasteiger partial charge is 0.304 e. The second-order valence-corrected chi connectivity index (χ2v) is 7.23. The van der Waals surface area contributed by atoms with E-state index in [2.05, 4.69) is 5.32 Å². The Morgan fingerprint density at radius 3 is 2.37 bits per heavy atom. The van der Waals surface area contributed by atoms with Crippen LogP contribution in [0.3, 0.4) is 0 Å². The summed E-state index contributed by atoms with van der Waals surface area (Å²) < 4.78 is 5.77. The summed E-state index contributed by atoms with van der Waals surface area (Å²) >= 11 is 0. The standard InChI is InChI=1S/C22H21NO4/c24-20(25)14-22(12-16-6-1-2-7-17(16)13-22)21(26)23-10-9-18-11-15-5-3-4-8-19(15)27-18/h1-8,11H,9-10,12-14H2,(H,23,26)(H,24,25). The van der Waals surface area contributed by atoms with Crippen LogP contribution in [0.4, 0.5) is 0 Å². The van der Waals surface area contributed by atoms with Crippen molar-refractivity contribution in [1.82, 2.24) is 5.32 Å². The minimum atomic E-state index is -0.949.